The van der Waals surface area contributed by atoms with Crippen LogP contribution in [0.2, 0.25) is 0 Å². The van der Waals surface area contributed by atoms with Gasteiger partial charge in [0.05, 0.1) is 0 Å². The first-order valence-corrected chi connectivity index (χ1v) is 6.93. The van der Waals surface area contributed by atoms with E-state index in [4.69, 9.17) is 0 Å². The fraction of sp³-hybridized carbons (Fsp3) is 0.400. The van der Waals surface area contributed by atoms with Gasteiger partial charge in [0.15, 0.2) is 0 Å². The van der Waals surface area contributed by atoms with Gasteiger partial charge in [0.1, 0.15) is 18.2 Å². The van der Waals surface area contributed by atoms with Crippen molar-refractivity contribution in [3.8, 4) is 0 Å². The number of hydrogen-bond acceptors (Lipinski definition) is 4. The van der Waals surface area contributed by atoms with E-state index in [1.807, 2.05) is 44.2 Å². The van der Waals surface area contributed by atoms with Crippen LogP contribution in [-0.4, -0.2) is 31.9 Å². The standard InChI is InChI=1S/C15H20N4O2/c1-12(2)18-15(14(20)21,13-6-4-3-5-7-13)8-9-19-11-16-10-17-19/h3-7,10-12,18H,8-9H2,1-2H3,(H,20,21). The number of hydrogen-bond donors (Lipinski definition) is 2. The van der Waals surface area contributed by atoms with Crippen molar-refractivity contribution in [2.24, 2.45) is 0 Å². The number of carboxylic acid groups (broad SMARTS) is 1. The van der Waals surface area contributed by atoms with Gasteiger partial charge >= 0.3 is 5.97 Å². The molecule has 0 radical (unpaired) electrons. The Bertz CT molecular complexity index is 569. The second kappa shape index (κ2) is 6.49. The number of nitrogens with one attached hydrogen (secondary N) is 1. The minimum absolute atomic E-state index is 0.0389. The molecule has 1 unspecified atom stereocenters. The molecule has 6 heteroatoms. The summed E-state index contributed by atoms with van der Waals surface area (Å²) in [5.41, 5.74) is -0.396. The Hall–Kier alpha value is -2.21. The van der Waals surface area contributed by atoms with Crippen molar-refractivity contribution in [2.45, 2.75) is 38.4 Å². The molecule has 1 atom stereocenters. The monoisotopic (exact) mass is 288 g/mol. The summed E-state index contributed by atoms with van der Waals surface area (Å²) in [4.78, 5) is 15.9. The molecule has 0 saturated carbocycles. The van der Waals surface area contributed by atoms with Gasteiger partial charge in [-0.15, -0.1) is 0 Å². The zero-order chi connectivity index (χ0) is 15.3. The SMILES string of the molecule is CC(C)NC(CCn1cncn1)(C(=O)O)c1ccccc1. The Morgan fingerprint density at radius 1 is 1.38 bits per heavy atom. The molecule has 2 rings (SSSR count). The first-order valence-electron chi connectivity index (χ1n) is 6.93. The molecule has 1 aromatic carbocycles. The molecule has 6 nitrogen and oxygen atoms in total. The van der Waals surface area contributed by atoms with Crippen molar-refractivity contribution in [3.05, 3.63) is 48.5 Å². The molecule has 112 valence electrons. The highest BCUT2D eigenvalue weighted by Crippen LogP contribution is 2.27. The Labute approximate surface area is 123 Å². The predicted octanol–water partition coefficient (Wildman–Crippen LogP) is 1.65. The Morgan fingerprint density at radius 2 is 2.10 bits per heavy atom. The molecule has 0 aliphatic rings. The third-order valence-electron chi connectivity index (χ3n) is 3.35. The molecule has 0 amide bonds. The van der Waals surface area contributed by atoms with Gasteiger partial charge in [-0.3, -0.25) is 10.00 Å². The molecule has 0 fully saturated rings. The first-order chi connectivity index (χ1) is 10.0. The lowest BCUT2D eigenvalue weighted by Gasteiger charge is -2.33. The minimum atomic E-state index is -1.14. The Morgan fingerprint density at radius 3 is 2.62 bits per heavy atom. The number of carbonyl (C=O) groups is 1. The third-order valence-corrected chi connectivity index (χ3v) is 3.35. The average Bonchev–Trinajstić information content (AvgIpc) is 2.97. The smallest absolute Gasteiger partial charge is 0.328 e. The minimum Gasteiger partial charge on any atom is -0.480 e. The normalized spacial score (nSPS) is 14.0. The lowest BCUT2D eigenvalue weighted by Crippen LogP contribution is -2.52. The van der Waals surface area contributed by atoms with Crippen molar-refractivity contribution in [1.82, 2.24) is 20.1 Å². The average molecular weight is 288 g/mol. The van der Waals surface area contributed by atoms with Crippen LogP contribution in [0.15, 0.2) is 43.0 Å². The van der Waals surface area contributed by atoms with Gasteiger partial charge in [0.25, 0.3) is 0 Å². The molecular weight excluding hydrogens is 268 g/mol. The summed E-state index contributed by atoms with van der Waals surface area (Å²) in [5, 5.41) is 17.1. The maximum Gasteiger partial charge on any atom is 0.328 e. The molecule has 0 aliphatic carbocycles. The lowest BCUT2D eigenvalue weighted by molar-refractivity contribution is -0.146. The Balaban J connectivity index is 2.33. The zero-order valence-corrected chi connectivity index (χ0v) is 12.2. The summed E-state index contributed by atoms with van der Waals surface area (Å²) in [6.07, 6.45) is 3.42. The molecule has 1 aromatic heterocycles. The molecule has 2 aromatic rings. The molecule has 1 heterocycles. The molecule has 0 aliphatic heterocycles. The van der Waals surface area contributed by atoms with Crippen LogP contribution in [0.4, 0.5) is 0 Å². The van der Waals surface area contributed by atoms with E-state index in [1.54, 1.807) is 11.0 Å². The number of aliphatic carboxylic acids is 1. The highest BCUT2D eigenvalue weighted by Gasteiger charge is 2.40. The second-order valence-electron chi connectivity index (χ2n) is 5.28. The fourth-order valence-corrected chi connectivity index (χ4v) is 2.44. The zero-order valence-electron chi connectivity index (χ0n) is 12.2. The summed E-state index contributed by atoms with van der Waals surface area (Å²) in [6.45, 7) is 4.35. The van der Waals surface area contributed by atoms with Gasteiger partial charge in [-0.05, 0) is 19.4 Å². The highest BCUT2D eigenvalue weighted by molar-refractivity contribution is 5.80. The van der Waals surface area contributed by atoms with E-state index in [0.717, 1.165) is 5.56 Å². The van der Waals surface area contributed by atoms with Crippen molar-refractivity contribution in [3.63, 3.8) is 0 Å². The van der Waals surface area contributed by atoms with Crippen molar-refractivity contribution >= 4 is 5.97 Å². The largest absolute Gasteiger partial charge is 0.480 e. The van der Waals surface area contributed by atoms with Crippen molar-refractivity contribution < 1.29 is 9.90 Å². The van der Waals surface area contributed by atoms with Crippen LogP contribution in [0, 0.1) is 0 Å². The molecular formula is C15H20N4O2. The molecule has 0 bridgehead atoms. The van der Waals surface area contributed by atoms with Crippen LogP contribution in [0.1, 0.15) is 25.8 Å². The maximum absolute atomic E-state index is 12.0. The number of aryl methyl sites for hydroxylation is 1. The third kappa shape index (κ3) is 3.46. The van der Waals surface area contributed by atoms with E-state index in [-0.39, 0.29) is 6.04 Å². The molecule has 21 heavy (non-hydrogen) atoms. The van der Waals surface area contributed by atoms with Gasteiger partial charge in [-0.1, -0.05) is 30.3 Å². The molecule has 0 spiro atoms. The second-order valence-corrected chi connectivity index (χ2v) is 5.28. The van der Waals surface area contributed by atoms with Crippen molar-refractivity contribution in [2.75, 3.05) is 0 Å². The van der Waals surface area contributed by atoms with Crippen LogP contribution in [0.25, 0.3) is 0 Å². The maximum atomic E-state index is 12.0. The topological polar surface area (TPSA) is 80.0 Å². The lowest BCUT2D eigenvalue weighted by atomic mass is 9.85. The predicted molar refractivity (Wildman–Crippen MR) is 78.7 cm³/mol. The molecule has 2 N–H and O–H groups in total. The van der Waals surface area contributed by atoms with E-state index >= 15 is 0 Å². The number of nitrogens with zero attached hydrogens (tertiary/aromatic N) is 3. The number of rotatable bonds is 7. The van der Waals surface area contributed by atoms with Gasteiger partial charge in [0.2, 0.25) is 0 Å². The summed E-state index contributed by atoms with van der Waals surface area (Å²) in [7, 11) is 0. The summed E-state index contributed by atoms with van der Waals surface area (Å²) in [6, 6.07) is 9.30. The number of benzene rings is 1. The van der Waals surface area contributed by atoms with E-state index in [0.29, 0.717) is 13.0 Å². The van der Waals surface area contributed by atoms with Crippen LogP contribution in [-0.2, 0) is 16.9 Å². The fourth-order valence-electron chi connectivity index (χ4n) is 2.44. The van der Waals surface area contributed by atoms with Crippen LogP contribution >= 0.6 is 0 Å². The van der Waals surface area contributed by atoms with Gasteiger partial charge in [0, 0.05) is 19.0 Å². The van der Waals surface area contributed by atoms with Crippen molar-refractivity contribution in [1.29, 1.82) is 0 Å². The molecule has 0 saturated heterocycles. The Kier molecular flexibility index (Phi) is 4.70. The van der Waals surface area contributed by atoms with E-state index in [1.165, 1.54) is 6.33 Å². The summed E-state index contributed by atoms with van der Waals surface area (Å²) in [5.74, 6) is -0.887. The van der Waals surface area contributed by atoms with Gasteiger partial charge < -0.3 is 5.11 Å². The van der Waals surface area contributed by atoms with Gasteiger partial charge in [-0.25, -0.2) is 9.78 Å². The quantitative estimate of drug-likeness (QED) is 0.809. The highest BCUT2D eigenvalue weighted by atomic mass is 16.4. The summed E-state index contributed by atoms with van der Waals surface area (Å²) >= 11 is 0. The first kappa shape index (κ1) is 15.2. The van der Waals surface area contributed by atoms with E-state index in [9.17, 15) is 9.90 Å². The van der Waals surface area contributed by atoms with Crippen LogP contribution < -0.4 is 5.32 Å². The number of carboxylic acids is 1. The van der Waals surface area contributed by atoms with E-state index < -0.39 is 11.5 Å². The van der Waals surface area contributed by atoms with Gasteiger partial charge in [-0.2, -0.15) is 5.10 Å². The van der Waals surface area contributed by atoms with Crippen LogP contribution in [0.3, 0.4) is 0 Å². The number of aromatic nitrogens is 3. The summed E-state index contributed by atoms with van der Waals surface area (Å²) < 4.78 is 1.64. The van der Waals surface area contributed by atoms with Crippen LogP contribution in [0.5, 0.6) is 0 Å². The van der Waals surface area contributed by atoms with E-state index in [2.05, 4.69) is 15.4 Å².